The van der Waals surface area contributed by atoms with Gasteiger partial charge in [0, 0.05) is 16.3 Å². The molecule has 100 valence electrons. The summed E-state index contributed by atoms with van der Waals surface area (Å²) < 4.78 is 19.3. The van der Waals surface area contributed by atoms with Crippen LogP contribution in [-0.2, 0) is 6.42 Å². The number of rotatable bonds is 3. The van der Waals surface area contributed by atoms with Gasteiger partial charge in [-0.1, -0.05) is 34.1 Å². The maximum atomic E-state index is 13.3. The van der Waals surface area contributed by atoms with Crippen LogP contribution >= 0.6 is 15.9 Å². The molecule has 0 unspecified atom stereocenters. The van der Waals surface area contributed by atoms with E-state index in [9.17, 15) is 9.18 Å². The highest BCUT2D eigenvalue weighted by Crippen LogP contribution is 2.23. The van der Waals surface area contributed by atoms with Crippen molar-refractivity contribution in [2.45, 2.75) is 6.42 Å². The van der Waals surface area contributed by atoms with Gasteiger partial charge in [0.2, 0.25) is 0 Å². The zero-order chi connectivity index (χ0) is 14.1. The Hall–Kier alpha value is -1.94. The number of Topliss-reactive ketones (excluding diaryl/α,β-unsaturated/α-hetero) is 1. The molecule has 0 atom stereocenters. The summed E-state index contributed by atoms with van der Waals surface area (Å²) in [5.41, 5.74) is 1.84. The zero-order valence-electron chi connectivity index (χ0n) is 10.4. The lowest BCUT2D eigenvalue weighted by Gasteiger charge is -2.01. The number of carbonyl (C=O) groups excluding carboxylic acids is 1. The number of furan rings is 1. The van der Waals surface area contributed by atoms with Gasteiger partial charge in [0.15, 0.2) is 5.78 Å². The quantitative estimate of drug-likeness (QED) is 0.647. The topological polar surface area (TPSA) is 30.2 Å². The molecule has 2 aromatic carbocycles. The molecule has 1 heterocycles. The molecule has 20 heavy (non-hydrogen) atoms. The summed E-state index contributed by atoms with van der Waals surface area (Å²) >= 11 is 3.22. The van der Waals surface area contributed by atoms with E-state index in [0.717, 1.165) is 5.39 Å². The van der Waals surface area contributed by atoms with Crippen molar-refractivity contribution in [2.24, 2.45) is 0 Å². The van der Waals surface area contributed by atoms with Gasteiger partial charge in [-0.3, -0.25) is 4.79 Å². The molecule has 0 amide bonds. The Balaban J connectivity index is 1.93. The fourth-order valence-electron chi connectivity index (χ4n) is 2.19. The maximum Gasteiger partial charge on any atom is 0.171 e. The van der Waals surface area contributed by atoms with Crippen LogP contribution in [0, 0.1) is 5.82 Å². The SMILES string of the molecule is O=C(Cc1cc(F)cc(Br)c1)c1coc2ccccc12. The van der Waals surface area contributed by atoms with Crippen molar-refractivity contribution in [1.29, 1.82) is 0 Å². The summed E-state index contributed by atoms with van der Waals surface area (Å²) in [7, 11) is 0. The van der Waals surface area contributed by atoms with Crippen molar-refractivity contribution >= 4 is 32.7 Å². The van der Waals surface area contributed by atoms with Crippen LogP contribution in [0.5, 0.6) is 0 Å². The van der Waals surface area contributed by atoms with Crippen molar-refractivity contribution < 1.29 is 13.6 Å². The molecule has 0 saturated heterocycles. The van der Waals surface area contributed by atoms with E-state index in [0.29, 0.717) is 21.2 Å². The molecular weight excluding hydrogens is 323 g/mol. The van der Waals surface area contributed by atoms with Gasteiger partial charge in [0.05, 0.1) is 5.56 Å². The smallest absolute Gasteiger partial charge is 0.171 e. The number of para-hydroxylation sites is 1. The van der Waals surface area contributed by atoms with E-state index in [-0.39, 0.29) is 18.0 Å². The Morgan fingerprint density at radius 3 is 2.80 bits per heavy atom. The van der Waals surface area contributed by atoms with Gasteiger partial charge >= 0.3 is 0 Å². The van der Waals surface area contributed by atoms with Gasteiger partial charge < -0.3 is 4.42 Å². The summed E-state index contributed by atoms with van der Waals surface area (Å²) in [5, 5.41) is 0.785. The summed E-state index contributed by atoms with van der Waals surface area (Å²) in [6, 6.07) is 11.8. The first-order chi connectivity index (χ1) is 9.63. The molecule has 0 N–H and O–H groups in total. The molecule has 3 aromatic rings. The molecule has 2 nitrogen and oxygen atoms in total. The summed E-state index contributed by atoms with van der Waals surface area (Å²) in [6.07, 6.45) is 1.60. The molecule has 0 bridgehead atoms. The third-order valence-electron chi connectivity index (χ3n) is 3.07. The standard InChI is InChI=1S/C16H10BrFO2/c17-11-5-10(6-12(18)8-11)7-15(19)14-9-20-16-4-2-1-3-13(14)16/h1-6,8-9H,7H2. The fourth-order valence-corrected chi connectivity index (χ4v) is 2.70. The van der Waals surface area contributed by atoms with Crippen LogP contribution in [-0.4, -0.2) is 5.78 Å². The Labute approximate surface area is 123 Å². The van der Waals surface area contributed by atoms with E-state index < -0.39 is 0 Å². The molecule has 0 spiro atoms. The van der Waals surface area contributed by atoms with Gasteiger partial charge in [-0.05, 0) is 29.8 Å². The highest BCUT2D eigenvalue weighted by molar-refractivity contribution is 9.10. The molecule has 0 aliphatic carbocycles. The van der Waals surface area contributed by atoms with Crippen LogP contribution in [0.4, 0.5) is 4.39 Å². The summed E-state index contributed by atoms with van der Waals surface area (Å²) in [5.74, 6) is -0.452. The van der Waals surface area contributed by atoms with Gasteiger partial charge in [-0.15, -0.1) is 0 Å². The van der Waals surface area contributed by atoms with Crippen molar-refractivity contribution in [3.8, 4) is 0 Å². The minimum Gasteiger partial charge on any atom is -0.464 e. The maximum absolute atomic E-state index is 13.3. The molecular formula is C16H10BrFO2. The number of fused-ring (bicyclic) bond motifs is 1. The highest BCUT2D eigenvalue weighted by atomic mass is 79.9. The number of carbonyl (C=O) groups is 1. The average molecular weight is 333 g/mol. The Bertz CT molecular complexity index is 772. The Morgan fingerprint density at radius 2 is 2.00 bits per heavy atom. The van der Waals surface area contributed by atoms with Crippen molar-refractivity contribution in [1.82, 2.24) is 0 Å². The Morgan fingerprint density at radius 1 is 1.20 bits per heavy atom. The molecule has 1 aromatic heterocycles. The van der Waals surface area contributed by atoms with Crippen molar-refractivity contribution in [2.75, 3.05) is 0 Å². The third-order valence-corrected chi connectivity index (χ3v) is 3.53. The van der Waals surface area contributed by atoms with E-state index in [1.54, 1.807) is 6.07 Å². The van der Waals surface area contributed by atoms with E-state index >= 15 is 0 Å². The predicted octanol–water partition coefficient (Wildman–Crippen LogP) is 4.76. The van der Waals surface area contributed by atoms with Crippen LogP contribution in [0.2, 0.25) is 0 Å². The first-order valence-electron chi connectivity index (χ1n) is 6.08. The second kappa shape index (κ2) is 5.21. The molecule has 0 aliphatic rings. The molecule has 4 heteroatoms. The number of hydrogen-bond donors (Lipinski definition) is 0. The van der Waals surface area contributed by atoms with Crippen LogP contribution in [0.25, 0.3) is 11.0 Å². The largest absolute Gasteiger partial charge is 0.464 e. The molecule has 0 aliphatic heterocycles. The predicted molar refractivity (Wildman–Crippen MR) is 78.3 cm³/mol. The lowest BCUT2D eigenvalue weighted by molar-refractivity contribution is 0.0993. The fraction of sp³-hybridized carbons (Fsp3) is 0.0625. The highest BCUT2D eigenvalue weighted by Gasteiger charge is 2.14. The lowest BCUT2D eigenvalue weighted by Crippen LogP contribution is -2.03. The van der Waals surface area contributed by atoms with Crippen LogP contribution in [0.1, 0.15) is 15.9 Å². The molecule has 3 rings (SSSR count). The molecule has 0 saturated carbocycles. The first kappa shape index (κ1) is 13.1. The minimum atomic E-state index is -0.362. The van der Waals surface area contributed by atoms with E-state index in [2.05, 4.69) is 15.9 Å². The van der Waals surface area contributed by atoms with Crippen LogP contribution in [0.15, 0.2) is 57.6 Å². The van der Waals surface area contributed by atoms with Gasteiger partial charge in [-0.25, -0.2) is 4.39 Å². The number of ketones is 1. The number of hydrogen-bond acceptors (Lipinski definition) is 2. The minimum absolute atomic E-state index is 0.0903. The second-order valence-electron chi connectivity index (χ2n) is 4.52. The van der Waals surface area contributed by atoms with Gasteiger partial charge in [-0.2, -0.15) is 0 Å². The zero-order valence-corrected chi connectivity index (χ0v) is 12.0. The van der Waals surface area contributed by atoms with E-state index in [4.69, 9.17) is 4.42 Å². The van der Waals surface area contributed by atoms with Crippen molar-refractivity contribution in [3.63, 3.8) is 0 Å². The lowest BCUT2D eigenvalue weighted by atomic mass is 10.0. The second-order valence-corrected chi connectivity index (χ2v) is 5.44. The van der Waals surface area contributed by atoms with E-state index in [1.807, 2.05) is 24.3 Å². The van der Waals surface area contributed by atoms with Crippen molar-refractivity contribution in [3.05, 3.63) is 70.1 Å². The number of benzene rings is 2. The van der Waals surface area contributed by atoms with Crippen LogP contribution < -0.4 is 0 Å². The van der Waals surface area contributed by atoms with Crippen LogP contribution in [0.3, 0.4) is 0 Å². The van der Waals surface area contributed by atoms with Gasteiger partial charge in [0.25, 0.3) is 0 Å². The number of halogens is 2. The molecule has 0 radical (unpaired) electrons. The molecule has 0 fully saturated rings. The third kappa shape index (κ3) is 2.51. The first-order valence-corrected chi connectivity index (χ1v) is 6.87. The summed E-state index contributed by atoms with van der Waals surface area (Å²) in [4.78, 5) is 12.3. The monoisotopic (exact) mass is 332 g/mol. The Kier molecular flexibility index (Phi) is 3.40. The summed E-state index contributed by atoms with van der Waals surface area (Å²) in [6.45, 7) is 0. The van der Waals surface area contributed by atoms with Gasteiger partial charge in [0.1, 0.15) is 17.7 Å². The normalized spacial score (nSPS) is 10.9. The average Bonchev–Trinajstić information content (AvgIpc) is 2.81. The van der Waals surface area contributed by atoms with E-state index in [1.165, 1.54) is 18.4 Å².